The van der Waals surface area contributed by atoms with E-state index in [2.05, 4.69) is 36.1 Å². The predicted molar refractivity (Wildman–Crippen MR) is 78.3 cm³/mol. The second kappa shape index (κ2) is 8.30. The number of aryl methyl sites for hydroxylation is 1. The average molecular weight is 270 g/mol. The van der Waals surface area contributed by atoms with Crippen LogP contribution in [0.1, 0.15) is 58.6 Å². The fourth-order valence-corrected chi connectivity index (χ4v) is 2.25. The van der Waals surface area contributed by atoms with E-state index in [9.17, 15) is 0 Å². The van der Waals surface area contributed by atoms with E-state index >= 15 is 0 Å². The molecule has 1 aromatic rings. The van der Waals surface area contributed by atoms with E-state index in [1.165, 1.54) is 25.7 Å². The first-order valence-corrected chi connectivity index (χ1v) is 7.36. The number of halogens is 1. The summed E-state index contributed by atoms with van der Waals surface area (Å²) in [5.41, 5.74) is 0.914. The van der Waals surface area contributed by atoms with E-state index < -0.39 is 0 Å². The molecule has 0 aliphatic rings. The molecule has 0 aliphatic heterocycles. The first kappa shape index (κ1) is 15.2. The third-order valence-corrected chi connectivity index (χ3v) is 3.58. The Labute approximate surface area is 115 Å². The molecule has 102 valence electrons. The Kier molecular flexibility index (Phi) is 7.02. The molecular formula is C14H24ClN3. The minimum Gasteiger partial charge on any atom is -0.366 e. The lowest BCUT2D eigenvalue weighted by Crippen LogP contribution is -2.19. The summed E-state index contributed by atoms with van der Waals surface area (Å²) in [5.74, 6) is 0.784. The lowest BCUT2D eigenvalue weighted by atomic mass is 10.1. The van der Waals surface area contributed by atoms with E-state index in [1.54, 1.807) is 6.33 Å². The molecule has 1 unspecified atom stereocenters. The highest BCUT2D eigenvalue weighted by Gasteiger charge is 2.11. The molecule has 0 aromatic carbocycles. The van der Waals surface area contributed by atoms with Crippen LogP contribution in [0.5, 0.6) is 0 Å². The number of hydrogen-bond acceptors (Lipinski definition) is 3. The SMILES string of the molecule is CCCCCC(CC)Nc1ncnc(CC)c1Cl. The Bertz CT molecular complexity index is 355. The highest BCUT2D eigenvalue weighted by molar-refractivity contribution is 6.33. The second-order valence-corrected chi connectivity index (χ2v) is 4.96. The maximum atomic E-state index is 6.28. The zero-order valence-corrected chi connectivity index (χ0v) is 12.4. The summed E-state index contributed by atoms with van der Waals surface area (Å²) < 4.78 is 0. The largest absolute Gasteiger partial charge is 0.366 e. The molecule has 18 heavy (non-hydrogen) atoms. The Morgan fingerprint density at radius 3 is 2.61 bits per heavy atom. The molecule has 0 fully saturated rings. The van der Waals surface area contributed by atoms with Crippen molar-refractivity contribution in [2.24, 2.45) is 0 Å². The lowest BCUT2D eigenvalue weighted by molar-refractivity contribution is 0.572. The molecule has 0 spiro atoms. The van der Waals surface area contributed by atoms with Crippen LogP contribution in [0.25, 0.3) is 0 Å². The van der Waals surface area contributed by atoms with Gasteiger partial charge in [-0.15, -0.1) is 0 Å². The van der Waals surface area contributed by atoms with Gasteiger partial charge in [-0.05, 0) is 19.3 Å². The van der Waals surface area contributed by atoms with Crippen LogP contribution < -0.4 is 5.32 Å². The molecule has 0 saturated heterocycles. The zero-order valence-electron chi connectivity index (χ0n) is 11.7. The van der Waals surface area contributed by atoms with Crippen molar-refractivity contribution in [1.82, 2.24) is 9.97 Å². The van der Waals surface area contributed by atoms with Gasteiger partial charge in [0.1, 0.15) is 17.2 Å². The molecule has 1 atom stereocenters. The molecule has 1 aromatic heterocycles. The van der Waals surface area contributed by atoms with Crippen LogP contribution >= 0.6 is 11.6 Å². The van der Waals surface area contributed by atoms with Crippen molar-refractivity contribution in [2.75, 3.05) is 5.32 Å². The van der Waals surface area contributed by atoms with E-state index in [4.69, 9.17) is 11.6 Å². The maximum absolute atomic E-state index is 6.28. The third kappa shape index (κ3) is 4.45. The summed E-state index contributed by atoms with van der Waals surface area (Å²) in [5, 5.41) is 4.12. The second-order valence-electron chi connectivity index (χ2n) is 4.58. The van der Waals surface area contributed by atoms with Gasteiger partial charge < -0.3 is 5.32 Å². The first-order valence-electron chi connectivity index (χ1n) is 6.98. The third-order valence-electron chi connectivity index (χ3n) is 3.19. The predicted octanol–water partition coefficient (Wildman–Crippen LogP) is 4.46. The van der Waals surface area contributed by atoms with Gasteiger partial charge in [0, 0.05) is 6.04 Å². The molecule has 4 heteroatoms. The highest BCUT2D eigenvalue weighted by Crippen LogP contribution is 2.24. The monoisotopic (exact) mass is 269 g/mol. The normalized spacial score (nSPS) is 12.4. The molecule has 1 rings (SSSR count). The van der Waals surface area contributed by atoms with Gasteiger partial charge in [0.15, 0.2) is 0 Å². The highest BCUT2D eigenvalue weighted by atomic mass is 35.5. The Morgan fingerprint density at radius 1 is 1.22 bits per heavy atom. The van der Waals surface area contributed by atoms with Crippen molar-refractivity contribution in [2.45, 2.75) is 65.3 Å². The van der Waals surface area contributed by atoms with Gasteiger partial charge in [-0.25, -0.2) is 9.97 Å². The van der Waals surface area contributed by atoms with Crippen molar-refractivity contribution < 1.29 is 0 Å². The van der Waals surface area contributed by atoms with Crippen LogP contribution in [0.15, 0.2) is 6.33 Å². The lowest BCUT2D eigenvalue weighted by Gasteiger charge is -2.18. The molecule has 0 bridgehead atoms. The molecule has 3 nitrogen and oxygen atoms in total. The van der Waals surface area contributed by atoms with Crippen molar-refractivity contribution in [3.05, 3.63) is 17.0 Å². The minimum absolute atomic E-state index is 0.452. The molecule has 0 radical (unpaired) electrons. The number of nitrogens with zero attached hydrogens (tertiary/aromatic N) is 2. The molecule has 0 aliphatic carbocycles. The van der Waals surface area contributed by atoms with Crippen molar-refractivity contribution in [3.63, 3.8) is 0 Å². The fourth-order valence-electron chi connectivity index (χ4n) is 1.97. The van der Waals surface area contributed by atoms with Gasteiger partial charge in [0.2, 0.25) is 0 Å². The molecule has 0 amide bonds. The van der Waals surface area contributed by atoms with Gasteiger partial charge in [-0.3, -0.25) is 0 Å². The standard InChI is InChI=1S/C14H24ClN3/c1-4-7-8-9-11(5-2)18-14-13(15)12(6-3)16-10-17-14/h10-11H,4-9H2,1-3H3,(H,16,17,18). The van der Waals surface area contributed by atoms with Crippen LogP contribution in [-0.2, 0) is 6.42 Å². The molecule has 1 heterocycles. The summed E-state index contributed by atoms with van der Waals surface area (Å²) in [6, 6.07) is 0.452. The van der Waals surface area contributed by atoms with Gasteiger partial charge in [-0.2, -0.15) is 0 Å². The van der Waals surface area contributed by atoms with Crippen LogP contribution in [0.2, 0.25) is 5.02 Å². The fraction of sp³-hybridized carbons (Fsp3) is 0.714. The van der Waals surface area contributed by atoms with Crippen molar-refractivity contribution >= 4 is 17.4 Å². The van der Waals surface area contributed by atoms with Gasteiger partial charge in [0.25, 0.3) is 0 Å². The van der Waals surface area contributed by atoms with Crippen LogP contribution in [0.4, 0.5) is 5.82 Å². The Hall–Kier alpha value is -0.830. The molecular weight excluding hydrogens is 246 g/mol. The average Bonchev–Trinajstić information content (AvgIpc) is 2.40. The van der Waals surface area contributed by atoms with E-state index in [1.807, 2.05) is 0 Å². The summed E-state index contributed by atoms with van der Waals surface area (Å²) in [7, 11) is 0. The van der Waals surface area contributed by atoms with Gasteiger partial charge in [-0.1, -0.05) is 51.6 Å². The van der Waals surface area contributed by atoms with E-state index in [-0.39, 0.29) is 0 Å². The number of nitrogens with one attached hydrogen (secondary N) is 1. The van der Waals surface area contributed by atoms with Crippen LogP contribution in [0.3, 0.4) is 0 Å². The topological polar surface area (TPSA) is 37.8 Å². The maximum Gasteiger partial charge on any atom is 0.148 e. The number of aromatic nitrogens is 2. The van der Waals surface area contributed by atoms with E-state index in [0.29, 0.717) is 11.1 Å². The Morgan fingerprint density at radius 2 is 2.00 bits per heavy atom. The summed E-state index contributed by atoms with van der Waals surface area (Å²) in [6.45, 7) is 6.47. The Balaban J connectivity index is 2.63. The van der Waals surface area contributed by atoms with Crippen LogP contribution in [-0.4, -0.2) is 16.0 Å². The number of hydrogen-bond donors (Lipinski definition) is 1. The smallest absolute Gasteiger partial charge is 0.148 e. The van der Waals surface area contributed by atoms with Crippen LogP contribution in [0, 0.1) is 0 Å². The number of rotatable bonds is 8. The van der Waals surface area contributed by atoms with Gasteiger partial charge >= 0.3 is 0 Å². The van der Waals surface area contributed by atoms with Gasteiger partial charge in [0.05, 0.1) is 5.69 Å². The quantitative estimate of drug-likeness (QED) is 0.708. The molecule has 1 N–H and O–H groups in total. The minimum atomic E-state index is 0.452. The van der Waals surface area contributed by atoms with Crippen molar-refractivity contribution in [1.29, 1.82) is 0 Å². The summed E-state index contributed by atoms with van der Waals surface area (Å²) in [6.07, 6.45) is 8.48. The number of unbranched alkanes of at least 4 members (excludes halogenated alkanes) is 2. The van der Waals surface area contributed by atoms with E-state index in [0.717, 1.165) is 24.4 Å². The number of anilines is 1. The summed E-state index contributed by atoms with van der Waals surface area (Å²) in [4.78, 5) is 8.43. The first-order chi connectivity index (χ1) is 8.72. The summed E-state index contributed by atoms with van der Waals surface area (Å²) >= 11 is 6.28. The molecule has 0 saturated carbocycles. The zero-order chi connectivity index (χ0) is 13.4. The van der Waals surface area contributed by atoms with Crippen molar-refractivity contribution in [3.8, 4) is 0 Å².